The van der Waals surface area contributed by atoms with E-state index in [1.807, 2.05) is 0 Å². The number of ether oxygens (including phenoxy) is 3. The van der Waals surface area contributed by atoms with E-state index in [4.69, 9.17) is 14.2 Å². The van der Waals surface area contributed by atoms with Crippen molar-refractivity contribution in [3.8, 4) is 17.2 Å². The van der Waals surface area contributed by atoms with Gasteiger partial charge in [-0.25, -0.2) is 0 Å². The highest BCUT2D eigenvalue weighted by Gasteiger charge is 2.35. The molecule has 194 valence electrons. The van der Waals surface area contributed by atoms with E-state index in [1.54, 1.807) is 78.7 Å². The second-order valence-electron chi connectivity index (χ2n) is 8.65. The van der Waals surface area contributed by atoms with Crippen LogP contribution in [-0.2, 0) is 9.59 Å². The van der Waals surface area contributed by atoms with Crippen LogP contribution in [0.3, 0.4) is 0 Å². The average Bonchev–Trinajstić information content (AvgIpc) is 3.18. The predicted octanol–water partition coefficient (Wildman–Crippen LogP) is 3.12. The minimum absolute atomic E-state index is 0.0421. The Kier molecular flexibility index (Phi) is 6.94. The average molecular weight is 516 g/mol. The van der Waals surface area contributed by atoms with Crippen molar-refractivity contribution in [2.24, 2.45) is 0 Å². The highest BCUT2D eigenvalue weighted by molar-refractivity contribution is 6.21. The molecule has 0 aliphatic carbocycles. The van der Waals surface area contributed by atoms with E-state index in [-0.39, 0.29) is 44.5 Å². The van der Waals surface area contributed by atoms with Crippen molar-refractivity contribution in [2.75, 3.05) is 43.6 Å². The summed E-state index contributed by atoms with van der Waals surface area (Å²) in [6.07, 6.45) is -0.0720. The summed E-state index contributed by atoms with van der Waals surface area (Å²) in [7, 11) is 1.59. The van der Waals surface area contributed by atoms with E-state index in [9.17, 15) is 19.2 Å². The highest BCUT2D eigenvalue weighted by atomic mass is 16.5. The van der Waals surface area contributed by atoms with Crippen LogP contribution in [-0.4, -0.2) is 61.9 Å². The Morgan fingerprint density at radius 3 is 2.26 bits per heavy atom. The largest absolute Gasteiger partial charge is 0.497 e. The first kappa shape index (κ1) is 24.8. The molecule has 3 aromatic rings. The number of nitrogens with one attached hydrogen (secondary N) is 1. The third-order valence-electron chi connectivity index (χ3n) is 6.27. The summed E-state index contributed by atoms with van der Waals surface area (Å²) < 4.78 is 16.5. The van der Waals surface area contributed by atoms with E-state index in [2.05, 4.69) is 5.32 Å². The summed E-state index contributed by atoms with van der Waals surface area (Å²) in [5.41, 5.74) is 1.65. The normalized spacial score (nSPS) is 14.1. The lowest BCUT2D eigenvalue weighted by Gasteiger charge is -2.29. The fourth-order valence-electron chi connectivity index (χ4n) is 4.33. The molecule has 10 heteroatoms. The van der Waals surface area contributed by atoms with Gasteiger partial charge >= 0.3 is 0 Å². The zero-order valence-corrected chi connectivity index (χ0v) is 20.6. The van der Waals surface area contributed by atoms with Crippen molar-refractivity contribution in [3.05, 3.63) is 77.9 Å². The number of methoxy groups -OCH3 is 1. The summed E-state index contributed by atoms with van der Waals surface area (Å²) in [4.78, 5) is 52.9. The number of imide groups is 1. The maximum atomic E-state index is 12.6. The third kappa shape index (κ3) is 5.01. The van der Waals surface area contributed by atoms with Crippen LogP contribution in [0, 0.1) is 0 Å². The molecule has 2 heterocycles. The standard InChI is InChI=1S/C28H25N3O7/c1-36-19-7-9-20(10-8-19)37-15-14-30-23-16-18(6-11-24(23)38-17-26(30)33)29-25(32)12-13-31-27(34)21-4-2-3-5-22(21)28(31)35/h2-11,16H,12-15,17H2,1H3,(H,29,32). The Morgan fingerprint density at radius 1 is 0.895 bits per heavy atom. The maximum Gasteiger partial charge on any atom is 0.265 e. The maximum absolute atomic E-state index is 12.6. The molecule has 10 nitrogen and oxygen atoms in total. The van der Waals surface area contributed by atoms with Gasteiger partial charge in [-0.15, -0.1) is 0 Å². The van der Waals surface area contributed by atoms with Gasteiger partial charge in [0.2, 0.25) is 5.91 Å². The highest BCUT2D eigenvalue weighted by Crippen LogP contribution is 2.34. The predicted molar refractivity (Wildman–Crippen MR) is 138 cm³/mol. The molecule has 38 heavy (non-hydrogen) atoms. The van der Waals surface area contributed by atoms with Crippen molar-refractivity contribution < 1.29 is 33.4 Å². The van der Waals surface area contributed by atoms with E-state index in [1.165, 1.54) is 0 Å². The molecule has 0 saturated heterocycles. The number of benzene rings is 3. The van der Waals surface area contributed by atoms with Crippen molar-refractivity contribution in [1.82, 2.24) is 4.90 Å². The lowest BCUT2D eigenvalue weighted by Crippen LogP contribution is -2.41. The van der Waals surface area contributed by atoms with E-state index in [0.29, 0.717) is 39.8 Å². The second-order valence-corrected chi connectivity index (χ2v) is 8.65. The fraction of sp³-hybridized carbons (Fsp3) is 0.214. The summed E-state index contributed by atoms with van der Waals surface area (Å²) in [5, 5.41) is 2.77. The van der Waals surface area contributed by atoms with Crippen LogP contribution in [0.15, 0.2) is 66.7 Å². The number of hydrogen-bond acceptors (Lipinski definition) is 7. The summed E-state index contributed by atoms with van der Waals surface area (Å²) in [6, 6.07) is 18.7. The summed E-state index contributed by atoms with van der Waals surface area (Å²) in [5.74, 6) is 0.450. The van der Waals surface area contributed by atoms with Gasteiger partial charge in [-0.1, -0.05) is 12.1 Å². The number of hydrogen-bond donors (Lipinski definition) is 1. The first-order valence-corrected chi connectivity index (χ1v) is 12.0. The van der Waals surface area contributed by atoms with Crippen molar-refractivity contribution in [1.29, 1.82) is 0 Å². The minimum Gasteiger partial charge on any atom is -0.497 e. The number of rotatable bonds is 9. The van der Waals surface area contributed by atoms with Crippen molar-refractivity contribution in [2.45, 2.75) is 6.42 Å². The first-order chi connectivity index (χ1) is 18.4. The topological polar surface area (TPSA) is 114 Å². The van der Waals surface area contributed by atoms with Gasteiger partial charge < -0.3 is 24.4 Å². The van der Waals surface area contributed by atoms with Crippen LogP contribution in [0.4, 0.5) is 11.4 Å². The SMILES string of the molecule is COc1ccc(OCCN2C(=O)COc3ccc(NC(=O)CCN4C(=O)c5ccccc5C4=O)cc32)cc1. The van der Waals surface area contributed by atoms with E-state index >= 15 is 0 Å². The molecule has 0 saturated carbocycles. The van der Waals surface area contributed by atoms with Crippen molar-refractivity contribution >= 4 is 35.0 Å². The Bertz CT molecular complexity index is 1370. The Morgan fingerprint density at radius 2 is 1.58 bits per heavy atom. The number of amides is 4. The van der Waals surface area contributed by atoms with Gasteiger partial charge in [0.05, 0.1) is 30.5 Å². The molecule has 4 amide bonds. The smallest absolute Gasteiger partial charge is 0.265 e. The molecular weight excluding hydrogens is 490 g/mol. The number of anilines is 2. The molecule has 0 fully saturated rings. The van der Waals surface area contributed by atoms with Gasteiger partial charge in [0, 0.05) is 18.7 Å². The quantitative estimate of drug-likeness (QED) is 0.436. The third-order valence-corrected chi connectivity index (χ3v) is 6.27. The molecular formula is C28H25N3O7. The molecule has 2 aliphatic heterocycles. The minimum atomic E-state index is -0.407. The van der Waals surface area contributed by atoms with E-state index in [0.717, 1.165) is 4.90 Å². The molecule has 0 unspecified atom stereocenters. The van der Waals surface area contributed by atoms with Gasteiger partial charge in [-0.2, -0.15) is 0 Å². The van der Waals surface area contributed by atoms with Crippen LogP contribution in [0.2, 0.25) is 0 Å². The van der Waals surface area contributed by atoms with Gasteiger partial charge in [0.1, 0.15) is 23.9 Å². The number of carbonyl (C=O) groups excluding carboxylic acids is 4. The van der Waals surface area contributed by atoms with Gasteiger partial charge in [0.15, 0.2) is 6.61 Å². The van der Waals surface area contributed by atoms with Crippen LogP contribution in [0.1, 0.15) is 27.1 Å². The number of fused-ring (bicyclic) bond motifs is 2. The fourth-order valence-corrected chi connectivity index (χ4v) is 4.33. The van der Waals surface area contributed by atoms with Gasteiger partial charge in [-0.3, -0.25) is 24.1 Å². The number of carbonyl (C=O) groups is 4. The Labute approximate surface area is 218 Å². The second kappa shape index (κ2) is 10.6. The Balaban J connectivity index is 1.20. The zero-order valence-electron chi connectivity index (χ0n) is 20.6. The summed E-state index contributed by atoms with van der Waals surface area (Å²) in [6.45, 7) is 0.383. The van der Waals surface area contributed by atoms with Crippen LogP contribution in [0.25, 0.3) is 0 Å². The molecule has 5 rings (SSSR count). The lowest BCUT2D eigenvalue weighted by molar-refractivity contribution is -0.121. The molecule has 0 atom stereocenters. The molecule has 3 aromatic carbocycles. The van der Waals surface area contributed by atoms with Gasteiger partial charge in [0.25, 0.3) is 17.7 Å². The molecule has 2 aliphatic rings. The molecule has 0 aromatic heterocycles. The lowest BCUT2D eigenvalue weighted by atomic mass is 10.1. The molecule has 1 N–H and O–H groups in total. The monoisotopic (exact) mass is 515 g/mol. The first-order valence-electron chi connectivity index (χ1n) is 12.0. The molecule has 0 radical (unpaired) electrons. The van der Waals surface area contributed by atoms with Crippen LogP contribution in [0.5, 0.6) is 17.2 Å². The van der Waals surface area contributed by atoms with Crippen LogP contribution >= 0.6 is 0 Å². The van der Waals surface area contributed by atoms with Gasteiger partial charge in [-0.05, 0) is 54.6 Å². The van der Waals surface area contributed by atoms with Crippen LogP contribution < -0.4 is 24.4 Å². The zero-order chi connectivity index (χ0) is 26.6. The molecule has 0 bridgehead atoms. The summed E-state index contributed by atoms with van der Waals surface area (Å²) >= 11 is 0. The van der Waals surface area contributed by atoms with Crippen molar-refractivity contribution in [3.63, 3.8) is 0 Å². The van der Waals surface area contributed by atoms with E-state index < -0.39 is 11.8 Å². The Hall–Kier alpha value is -4.86. The number of nitrogens with zero attached hydrogens (tertiary/aromatic N) is 2. The molecule has 0 spiro atoms.